The van der Waals surface area contributed by atoms with Gasteiger partial charge < -0.3 is 10.1 Å². The fourth-order valence-electron chi connectivity index (χ4n) is 2.18. The predicted molar refractivity (Wildman–Crippen MR) is 90.0 cm³/mol. The third-order valence-electron chi connectivity index (χ3n) is 3.19. The van der Waals surface area contributed by atoms with Gasteiger partial charge in [-0.25, -0.2) is 0 Å². The van der Waals surface area contributed by atoms with Crippen molar-refractivity contribution in [2.24, 2.45) is 0 Å². The number of benzene rings is 2. The van der Waals surface area contributed by atoms with Crippen LogP contribution in [0.25, 0.3) is 0 Å². The highest BCUT2D eigenvalue weighted by molar-refractivity contribution is 6.42. The van der Waals surface area contributed by atoms with Crippen molar-refractivity contribution in [2.45, 2.75) is 13.0 Å². The van der Waals surface area contributed by atoms with Crippen LogP contribution in [-0.2, 0) is 0 Å². The monoisotopic (exact) mass is 343 g/mol. The first-order chi connectivity index (χ1) is 10.1. The largest absolute Gasteiger partial charge is 0.495 e. The van der Waals surface area contributed by atoms with E-state index >= 15 is 0 Å². The predicted octanol–water partition coefficient (Wildman–Crippen LogP) is 5.35. The molecule has 1 N–H and O–H groups in total. The van der Waals surface area contributed by atoms with Crippen molar-refractivity contribution >= 4 is 34.8 Å². The number of rotatable bonds is 5. The summed E-state index contributed by atoms with van der Waals surface area (Å²) in [4.78, 5) is 0. The number of ether oxygens (including phenoxy) is 1. The minimum Gasteiger partial charge on any atom is -0.495 e. The van der Waals surface area contributed by atoms with Crippen molar-refractivity contribution < 1.29 is 4.74 Å². The smallest absolute Gasteiger partial charge is 0.137 e. The first-order valence-corrected chi connectivity index (χ1v) is 7.72. The van der Waals surface area contributed by atoms with Gasteiger partial charge >= 0.3 is 0 Å². The van der Waals surface area contributed by atoms with Gasteiger partial charge in [0, 0.05) is 0 Å². The summed E-state index contributed by atoms with van der Waals surface area (Å²) in [5, 5.41) is 5.11. The third-order valence-corrected chi connectivity index (χ3v) is 4.25. The van der Waals surface area contributed by atoms with Gasteiger partial charge in [0.25, 0.3) is 0 Å². The lowest BCUT2D eigenvalue weighted by Crippen LogP contribution is -2.22. The van der Waals surface area contributed by atoms with Crippen molar-refractivity contribution in [3.8, 4) is 5.75 Å². The molecule has 0 radical (unpaired) electrons. The van der Waals surface area contributed by atoms with Gasteiger partial charge in [-0.15, -0.1) is 0 Å². The van der Waals surface area contributed by atoms with Crippen LogP contribution in [0.5, 0.6) is 5.75 Å². The van der Waals surface area contributed by atoms with Crippen molar-refractivity contribution in [3.63, 3.8) is 0 Å². The Balaban J connectivity index is 2.44. The van der Waals surface area contributed by atoms with E-state index in [1.807, 2.05) is 30.3 Å². The molecule has 1 atom stereocenters. The van der Waals surface area contributed by atoms with Crippen LogP contribution in [0.2, 0.25) is 15.1 Å². The summed E-state index contributed by atoms with van der Waals surface area (Å²) < 4.78 is 5.29. The van der Waals surface area contributed by atoms with E-state index in [1.165, 1.54) is 0 Å². The van der Waals surface area contributed by atoms with Crippen LogP contribution in [0, 0.1) is 0 Å². The van der Waals surface area contributed by atoms with Gasteiger partial charge in [0.2, 0.25) is 0 Å². The van der Waals surface area contributed by atoms with Gasteiger partial charge in [-0.05, 0) is 41.9 Å². The Kier molecular flexibility index (Phi) is 5.77. The Morgan fingerprint density at radius 1 is 0.952 bits per heavy atom. The molecule has 2 aromatic rings. The summed E-state index contributed by atoms with van der Waals surface area (Å²) in [6.45, 7) is 2.87. The summed E-state index contributed by atoms with van der Waals surface area (Å²) in [6.07, 6.45) is 0. The van der Waals surface area contributed by atoms with Crippen LogP contribution in [0.1, 0.15) is 24.1 Å². The molecule has 5 heteroatoms. The Morgan fingerprint density at radius 3 is 2.14 bits per heavy atom. The molecule has 0 fully saturated rings. The molecule has 2 rings (SSSR count). The van der Waals surface area contributed by atoms with Crippen LogP contribution < -0.4 is 10.1 Å². The molecule has 0 aliphatic heterocycles. The standard InChI is InChI=1S/C16H16Cl3NO/c1-3-20-16(10-4-6-12(17)14(19)8-10)11-5-7-13(18)15(9-11)21-2/h4-9,16,20H,3H2,1-2H3. The first kappa shape index (κ1) is 16.4. The second kappa shape index (κ2) is 7.37. The van der Waals surface area contributed by atoms with Crippen LogP contribution in [0.4, 0.5) is 0 Å². The topological polar surface area (TPSA) is 21.3 Å². The molecule has 0 aliphatic carbocycles. The summed E-state index contributed by atoms with van der Waals surface area (Å²) >= 11 is 18.2. The highest BCUT2D eigenvalue weighted by atomic mass is 35.5. The maximum absolute atomic E-state index is 6.12. The molecule has 0 amide bonds. The molecular formula is C16H16Cl3NO. The molecule has 2 aromatic carbocycles. The van der Waals surface area contributed by atoms with E-state index in [1.54, 1.807) is 13.2 Å². The summed E-state index contributed by atoms with van der Waals surface area (Å²) in [5.41, 5.74) is 2.09. The molecular weight excluding hydrogens is 329 g/mol. The second-order valence-corrected chi connectivity index (χ2v) is 5.78. The van der Waals surface area contributed by atoms with Crippen molar-refractivity contribution in [2.75, 3.05) is 13.7 Å². The van der Waals surface area contributed by atoms with Crippen LogP contribution in [-0.4, -0.2) is 13.7 Å². The quantitative estimate of drug-likeness (QED) is 0.789. The Morgan fingerprint density at radius 2 is 1.57 bits per heavy atom. The molecule has 2 nitrogen and oxygen atoms in total. The third kappa shape index (κ3) is 3.83. The van der Waals surface area contributed by atoms with Gasteiger partial charge in [-0.2, -0.15) is 0 Å². The van der Waals surface area contributed by atoms with E-state index in [-0.39, 0.29) is 6.04 Å². The second-order valence-electron chi connectivity index (χ2n) is 4.56. The molecule has 0 heterocycles. The van der Waals surface area contributed by atoms with Crippen molar-refractivity contribution in [1.29, 1.82) is 0 Å². The molecule has 21 heavy (non-hydrogen) atoms. The summed E-state index contributed by atoms with van der Waals surface area (Å²) in [6, 6.07) is 11.4. The zero-order chi connectivity index (χ0) is 15.4. The molecule has 1 unspecified atom stereocenters. The summed E-state index contributed by atoms with van der Waals surface area (Å²) in [7, 11) is 1.60. The number of hydrogen-bond donors (Lipinski definition) is 1. The number of hydrogen-bond acceptors (Lipinski definition) is 2. The highest BCUT2D eigenvalue weighted by Gasteiger charge is 2.16. The molecule has 0 aromatic heterocycles. The Bertz CT molecular complexity index is 631. The fourth-order valence-corrected chi connectivity index (χ4v) is 2.68. The van der Waals surface area contributed by atoms with E-state index in [2.05, 4.69) is 12.2 Å². The van der Waals surface area contributed by atoms with E-state index < -0.39 is 0 Å². The van der Waals surface area contributed by atoms with Crippen LogP contribution in [0.15, 0.2) is 36.4 Å². The maximum atomic E-state index is 6.12. The molecule has 0 saturated heterocycles. The Labute approximate surface area is 140 Å². The number of nitrogens with one attached hydrogen (secondary N) is 1. The normalized spacial score (nSPS) is 12.2. The van der Waals surface area contributed by atoms with Gasteiger partial charge in [-0.3, -0.25) is 0 Å². The van der Waals surface area contributed by atoms with Gasteiger partial charge in [-0.1, -0.05) is 53.9 Å². The summed E-state index contributed by atoms with van der Waals surface area (Å²) in [5.74, 6) is 0.650. The van der Waals surface area contributed by atoms with E-state index in [4.69, 9.17) is 39.5 Å². The van der Waals surface area contributed by atoms with Gasteiger partial charge in [0.1, 0.15) is 5.75 Å². The molecule has 112 valence electrons. The SMILES string of the molecule is CCNC(c1ccc(Cl)c(Cl)c1)c1ccc(Cl)c(OC)c1. The van der Waals surface area contributed by atoms with Gasteiger partial charge in [0.15, 0.2) is 0 Å². The van der Waals surface area contributed by atoms with Crippen molar-refractivity contribution in [1.82, 2.24) is 5.32 Å². The van der Waals surface area contributed by atoms with E-state index in [9.17, 15) is 0 Å². The molecule has 0 aliphatic rings. The lowest BCUT2D eigenvalue weighted by molar-refractivity contribution is 0.414. The van der Waals surface area contributed by atoms with E-state index in [0.29, 0.717) is 20.8 Å². The minimum atomic E-state index is -0.00377. The number of methoxy groups -OCH3 is 1. The first-order valence-electron chi connectivity index (χ1n) is 6.58. The van der Waals surface area contributed by atoms with E-state index in [0.717, 1.165) is 17.7 Å². The fraction of sp³-hybridized carbons (Fsp3) is 0.250. The van der Waals surface area contributed by atoms with Gasteiger partial charge in [0.05, 0.1) is 28.2 Å². The maximum Gasteiger partial charge on any atom is 0.137 e. The average Bonchev–Trinajstić information content (AvgIpc) is 2.48. The van der Waals surface area contributed by atoms with Crippen LogP contribution >= 0.6 is 34.8 Å². The zero-order valence-electron chi connectivity index (χ0n) is 11.8. The molecule has 0 spiro atoms. The van der Waals surface area contributed by atoms with Crippen molar-refractivity contribution in [3.05, 3.63) is 62.6 Å². The lowest BCUT2D eigenvalue weighted by atomic mass is 9.98. The number of halogens is 3. The van der Waals surface area contributed by atoms with Crippen LogP contribution in [0.3, 0.4) is 0 Å². The average molecular weight is 345 g/mol. The minimum absolute atomic E-state index is 0.00377. The highest BCUT2D eigenvalue weighted by Crippen LogP contribution is 2.32. The zero-order valence-corrected chi connectivity index (χ0v) is 14.1. The molecule has 0 saturated carbocycles. The Hall–Kier alpha value is -0.930. The lowest BCUT2D eigenvalue weighted by Gasteiger charge is -2.20. The molecule has 0 bridgehead atoms.